The SMILES string of the molecule is CCOC(=O)c1ccc(NC(=O)C2CCN(Cc3ccc(Cl)cc3Cl)CC2)cc1. The lowest BCUT2D eigenvalue weighted by Crippen LogP contribution is -2.37. The Morgan fingerprint density at radius 1 is 1.10 bits per heavy atom. The summed E-state index contributed by atoms with van der Waals surface area (Å²) in [7, 11) is 0. The van der Waals surface area contributed by atoms with E-state index in [1.54, 1.807) is 37.3 Å². The third-order valence-corrected chi connectivity index (χ3v) is 5.62. The highest BCUT2D eigenvalue weighted by molar-refractivity contribution is 6.35. The molecule has 1 fully saturated rings. The number of hydrogen-bond donors (Lipinski definition) is 1. The second-order valence-electron chi connectivity index (χ2n) is 7.07. The monoisotopic (exact) mass is 434 g/mol. The molecule has 0 aromatic heterocycles. The van der Waals surface area contributed by atoms with Gasteiger partial charge in [0.05, 0.1) is 12.2 Å². The number of rotatable bonds is 6. The van der Waals surface area contributed by atoms with Gasteiger partial charge in [-0.25, -0.2) is 4.79 Å². The summed E-state index contributed by atoms with van der Waals surface area (Å²) < 4.78 is 4.96. The number of piperidine rings is 1. The molecule has 1 saturated heterocycles. The number of halogens is 2. The minimum absolute atomic E-state index is 0.0121. The summed E-state index contributed by atoms with van der Waals surface area (Å²) in [5.41, 5.74) is 2.19. The Labute approximate surface area is 180 Å². The van der Waals surface area contributed by atoms with Gasteiger partial charge < -0.3 is 10.1 Å². The summed E-state index contributed by atoms with van der Waals surface area (Å²) >= 11 is 12.2. The molecule has 0 spiro atoms. The van der Waals surface area contributed by atoms with E-state index < -0.39 is 0 Å². The zero-order chi connectivity index (χ0) is 20.8. The summed E-state index contributed by atoms with van der Waals surface area (Å²) in [5.74, 6) is -0.381. The largest absolute Gasteiger partial charge is 0.462 e. The number of anilines is 1. The number of nitrogens with zero attached hydrogens (tertiary/aromatic N) is 1. The van der Waals surface area contributed by atoms with Gasteiger partial charge in [-0.2, -0.15) is 0 Å². The Kier molecular flexibility index (Phi) is 7.53. The third kappa shape index (κ3) is 5.95. The van der Waals surface area contributed by atoms with E-state index in [0.29, 0.717) is 27.9 Å². The zero-order valence-corrected chi connectivity index (χ0v) is 17.8. The molecule has 0 saturated carbocycles. The van der Waals surface area contributed by atoms with Crippen LogP contribution in [0.25, 0.3) is 0 Å². The molecule has 0 atom stereocenters. The number of benzene rings is 2. The molecule has 29 heavy (non-hydrogen) atoms. The molecule has 2 aromatic rings. The van der Waals surface area contributed by atoms with Crippen LogP contribution in [-0.2, 0) is 16.1 Å². The number of hydrogen-bond acceptors (Lipinski definition) is 4. The van der Waals surface area contributed by atoms with Crippen LogP contribution in [0.5, 0.6) is 0 Å². The van der Waals surface area contributed by atoms with E-state index in [1.807, 2.05) is 12.1 Å². The molecule has 154 valence electrons. The van der Waals surface area contributed by atoms with Gasteiger partial charge in [0, 0.05) is 28.2 Å². The first-order valence-corrected chi connectivity index (χ1v) is 10.5. The number of esters is 1. The average Bonchev–Trinajstić information content (AvgIpc) is 2.71. The van der Waals surface area contributed by atoms with E-state index in [-0.39, 0.29) is 17.8 Å². The Morgan fingerprint density at radius 2 is 1.79 bits per heavy atom. The summed E-state index contributed by atoms with van der Waals surface area (Å²) in [6, 6.07) is 12.3. The normalized spacial score (nSPS) is 15.1. The van der Waals surface area contributed by atoms with Gasteiger partial charge >= 0.3 is 5.97 Å². The molecule has 0 bridgehead atoms. The minimum Gasteiger partial charge on any atom is -0.462 e. The van der Waals surface area contributed by atoms with Crippen LogP contribution < -0.4 is 5.32 Å². The van der Waals surface area contributed by atoms with Gasteiger partial charge in [0.1, 0.15) is 0 Å². The zero-order valence-electron chi connectivity index (χ0n) is 16.3. The highest BCUT2D eigenvalue weighted by Gasteiger charge is 2.25. The van der Waals surface area contributed by atoms with Crippen molar-refractivity contribution in [1.82, 2.24) is 4.90 Å². The molecular formula is C22H24Cl2N2O3. The lowest BCUT2D eigenvalue weighted by Gasteiger charge is -2.31. The standard InChI is InChI=1S/C22H24Cl2N2O3/c1-2-29-22(28)16-4-7-19(8-5-16)25-21(27)15-9-11-26(12-10-15)14-17-3-6-18(23)13-20(17)24/h3-8,13,15H,2,9-12,14H2,1H3,(H,25,27). The van der Waals surface area contributed by atoms with Crippen LogP contribution in [0.1, 0.15) is 35.7 Å². The topological polar surface area (TPSA) is 58.6 Å². The maximum atomic E-state index is 12.6. The van der Waals surface area contributed by atoms with Gasteiger partial charge in [0.2, 0.25) is 5.91 Å². The van der Waals surface area contributed by atoms with Gasteiger partial charge in [-0.3, -0.25) is 9.69 Å². The number of amides is 1. The van der Waals surface area contributed by atoms with E-state index >= 15 is 0 Å². The molecule has 1 aliphatic heterocycles. The Bertz CT molecular complexity index is 863. The van der Waals surface area contributed by atoms with Crippen molar-refractivity contribution in [2.24, 2.45) is 5.92 Å². The fourth-order valence-electron chi connectivity index (χ4n) is 3.39. The van der Waals surface area contributed by atoms with Crippen LogP contribution in [0, 0.1) is 5.92 Å². The van der Waals surface area contributed by atoms with E-state index in [4.69, 9.17) is 27.9 Å². The maximum Gasteiger partial charge on any atom is 0.338 e. The molecule has 1 amide bonds. The van der Waals surface area contributed by atoms with Crippen molar-refractivity contribution in [2.45, 2.75) is 26.3 Å². The lowest BCUT2D eigenvalue weighted by molar-refractivity contribution is -0.121. The predicted octanol–water partition coefficient (Wildman–Crippen LogP) is 5.02. The van der Waals surface area contributed by atoms with Crippen molar-refractivity contribution in [1.29, 1.82) is 0 Å². The summed E-state index contributed by atoms with van der Waals surface area (Å²) in [6.07, 6.45) is 1.58. The first-order chi connectivity index (χ1) is 14.0. The first-order valence-electron chi connectivity index (χ1n) is 9.70. The number of nitrogens with one attached hydrogen (secondary N) is 1. The Balaban J connectivity index is 1.49. The highest BCUT2D eigenvalue weighted by Crippen LogP contribution is 2.25. The fourth-order valence-corrected chi connectivity index (χ4v) is 3.86. The van der Waals surface area contributed by atoms with E-state index in [2.05, 4.69) is 10.2 Å². The Morgan fingerprint density at radius 3 is 2.41 bits per heavy atom. The average molecular weight is 435 g/mol. The van der Waals surface area contributed by atoms with Crippen LogP contribution >= 0.6 is 23.2 Å². The molecule has 1 aliphatic rings. The maximum absolute atomic E-state index is 12.6. The van der Waals surface area contributed by atoms with Crippen molar-refractivity contribution in [3.05, 3.63) is 63.6 Å². The van der Waals surface area contributed by atoms with Crippen molar-refractivity contribution in [3.8, 4) is 0 Å². The summed E-state index contributed by atoms with van der Waals surface area (Å²) in [4.78, 5) is 26.6. The highest BCUT2D eigenvalue weighted by atomic mass is 35.5. The van der Waals surface area contributed by atoms with Crippen molar-refractivity contribution in [2.75, 3.05) is 25.0 Å². The minimum atomic E-state index is -0.362. The number of carbonyl (C=O) groups is 2. The quantitative estimate of drug-likeness (QED) is 0.648. The van der Waals surface area contributed by atoms with Crippen LogP contribution in [0.4, 0.5) is 5.69 Å². The molecular weight excluding hydrogens is 411 g/mol. The van der Waals surface area contributed by atoms with Crippen molar-refractivity contribution < 1.29 is 14.3 Å². The third-order valence-electron chi connectivity index (χ3n) is 5.03. The number of carbonyl (C=O) groups excluding carboxylic acids is 2. The predicted molar refractivity (Wildman–Crippen MR) is 115 cm³/mol. The summed E-state index contributed by atoms with van der Waals surface area (Å²) in [5, 5.41) is 4.24. The molecule has 0 unspecified atom stereocenters. The molecule has 1 heterocycles. The second-order valence-corrected chi connectivity index (χ2v) is 7.92. The van der Waals surface area contributed by atoms with Gasteiger partial charge in [0.25, 0.3) is 0 Å². The molecule has 0 radical (unpaired) electrons. The van der Waals surface area contributed by atoms with E-state index in [1.165, 1.54) is 0 Å². The number of likely N-dealkylation sites (tertiary alicyclic amines) is 1. The molecule has 0 aliphatic carbocycles. The second kappa shape index (κ2) is 10.1. The van der Waals surface area contributed by atoms with Gasteiger partial charge in [-0.15, -0.1) is 0 Å². The van der Waals surface area contributed by atoms with Crippen molar-refractivity contribution in [3.63, 3.8) is 0 Å². The van der Waals surface area contributed by atoms with Gasteiger partial charge in [-0.1, -0.05) is 29.3 Å². The van der Waals surface area contributed by atoms with Crippen LogP contribution in [0.2, 0.25) is 10.0 Å². The van der Waals surface area contributed by atoms with E-state index in [9.17, 15) is 9.59 Å². The molecule has 5 nitrogen and oxygen atoms in total. The molecule has 3 rings (SSSR count). The smallest absolute Gasteiger partial charge is 0.338 e. The van der Waals surface area contributed by atoms with Gasteiger partial charge in [-0.05, 0) is 74.8 Å². The van der Waals surface area contributed by atoms with Crippen LogP contribution in [0.3, 0.4) is 0 Å². The molecule has 2 aromatic carbocycles. The fraction of sp³-hybridized carbons (Fsp3) is 0.364. The van der Waals surface area contributed by atoms with Gasteiger partial charge in [0.15, 0.2) is 0 Å². The van der Waals surface area contributed by atoms with Crippen LogP contribution in [0.15, 0.2) is 42.5 Å². The van der Waals surface area contributed by atoms with E-state index in [0.717, 1.165) is 38.0 Å². The van der Waals surface area contributed by atoms with Crippen LogP contribution in [-0.4, -0.2) is 36.5 Å². The Hall–Kier alpha value is -2.08. The van der Waals surface area contributed by atoms with Crippen molar-refractivity contribution >= 4 is 40.8 Å². The number of ether oxygens (including phenoxy) is 1. The first kappa shape index (κ1) is 21.6. The molecule has 1 N–H and O–H groups in total. The molecule has 7 heteroatoms. The lowest BCUT2D eigenvalue weighted by atomic mass is 9.95. The summed E-state index contributed by atoms with van der Waals surface area (Å²) in [6.45, 7) is 4.51.